The summed E-state index contributed by atoms with van der Waals surface area (Å²) in [5.41, 5.74) is 3.02. The molecule has 3 heterocycles. The molecule has 2 aromatic carbocycles. The van der Waals surface area contributed by atoms with Gasteiger partial charge in [-0.2, -0.15) is 0 Å². The zero-order chi connectivity index (χ0) is 25.2. The van der Waals surface area contributed by atoms with Crippen molar-refractivity contribution in [1.82, 2.24) is 14.8 Å². The SMILES string of the molecule is CC(C)C(=O)N1CCc2ccc(OCc3nc(C(=O)N4CCCC4)co3)cc2[C@H]1c1cccc(F)c1. The second-order valence-electron chi connectivity index (χ2n) is 9.67. The minimum Gasteiger partial charge on any atom is -0.484 e. The number of likely N-dealkylation sites (tertiary alicyclic amines) is 1. The Kier molecular flexibility index (Phi) is 6.76. The summed E-state index contributed by atoms with van der Waals surface area (Å²) in [5.74, 6) is 0.283. The maximum Gasteiger partial charge on any atom is 0.275 e. The molecule has 5 rings (SSSR count). The number of rotatable bonds is 6. The van der Waals surface area contributed by atoms with E-state index in [9.17, 15) is 14.0 Å². The van der Waals surface area contributed by atoms with Crippen molar-refractivity contribution in [2.45, 2.75) is 45.8 Å². The summed E-state index contributed by atoms with van der Waals surface area (Å²) in [7, 11) is 0. The van der Waals surface area contributed by atoms with Crippen LogP contribution in [-0.4, -0.2) is 46.2 Å². The fraction of sp³-hybridized carbons (Fsp3) is 0.393. The zero-order valence-electron chi connectivity index (χ0n) is 20.6. The van der Waals surface area contributed by atoms with Crippen molar-refractivity contribution in [1.29, 1.82) is 0 Å². The molecule has 0 saturated carbocycles. The monoisotopic (exact) mass is 491 g/mol. The van der Waals surface area contributed by atoms with Crippen LogP contribution in [0.4, 0.5) is 4.39 Å². The highest BCUT2D eigenvalue weighted by Gasteiger charge is 2.33. The van der Waals surface area contributed by atoms with E-state index in [0.717, 1.165) is 42.6 Å². The third-order valence-electron chi connectivity index (χ3n) is 6.81. The molecule has 36 heavy (non-hydrogen) atoms. The van der Waals surface area contributed by atoms with Gasteiger partial charge in [0.05, 0.1) is 6.04 Å². The third-order valence-corrected chi connectivity index (χ3v) is 6.81. The van der Waals surface area contributed by atoms with E-state index in [1.807, 2.05) is 43.0 Å². The minimum atomic E-state index is -0.408. The molecule has 2 aliphatic heterocycles. The lowest BCUT2D eigenvalue weighted by atomic mass is 9.87. The van der Waals surface area contributed by atoms with Crippen LogP contribution in [0.1, 0.15) is 65.8 Å². The number of hydrogen-bond acceptors (Lipinski definition) is 5. The van der Waals surface area contributed by atoms with Gasteiger partial charge in [0.1, 0.15) is 17.8 Å². The highest BCUT2D eigenvalue weighted by atomic mass is 19.1. The summed E-state index contributed by atoms with van der Waals surface area (Å²) in [5, 5.41) is 0. The molecular formula is C28H30FN3O4. The summed E-state index contributed by atoms with van der Waals surface area (Å²) < 4.78 is 25.6. The Morgan fingerprint density at radius 3 is 2.69 bits per heavy atom. The number of ether oxygens (including phenoxy) is 1. The molecule has 0 bridgehead atoms. The van der Waals surface area contributed by atoms with Crippen LogP contribution in [-0.2, 0) is 17.8 Å². The molecule has 1 fully saturated rings. The number of halogens is 1. The number of fused-ring (bicyclic) bond motifs is 1. The molecule has 1 atom stereocenters. The lowest BCUT2D eigenvalue weighted by Gasteiger charge is -2.39. The molecule has 0 radical (unpaired) electrons. The first-order chi connectivity index (χ1) is 17.4. The van der Waals surface area contributed by atoms with E-state index in [1.165, 1.54) is 18.4 Å². The Hall–Kier alpha value is -3.68. The van der Waals surface area contributed by atoms with E-state index >= 15 is 0 Å². The topological polar surface area (TPSA) is 75.9 Å². The Labute approximate surface area is 209 Å². The summed E-state index contributed by atoms with van der Waals surface area (Å²) in [6.07, 6.45) is 4.10. The Bertz CT molecular complexity index is 1270. The summed E-state index contributed by atoms with van der Waals surface area (Å²) in [6, 6.07) is 11.8. The first-order valence-electron chi connectivity index (χ1n) is 12.5. The number of aromatic nitrogens is 1. The van der Waals surface area contributed by atoms with E-state index in [2.05, 4.69) is 4.98 Å². The minimum absolute atomic E-state index is 0.0243. The van der Waals surface area contributed by atoms with Crippen LogP contribution in [0, 0.1) is 11.7 Å². The number of benzene rings is 2. The van der Waals surface area contributed by atoms with Gasteiger partial charge < -0.3 is 19.0 Å². The molecule has 8 heteroatoms. The molecule has 1 aromatic heterocycles. The number of oxazole rings is 1. The maximum atomic E-state index is 14.2. The van der Waals surface area contributed by atoms with Crippen LogP contribution in [0.5, 0.6) is 5.75 Å². The predicted octanol–water partition coefficient (Wildman–Crippen LogP) is 4.76. The van der Waals surface area contributed by atoms with Crippen molar-refractivity contribution < 1.29 is 23.1 Å². The summed E-state index contributed by atoms with van der Waals surface area (Å²) >= 11 is 0. The van der Waals surface area contributed by atoms with E-state index in [-0.39, 0.29) is 35.9 Å². The third kappa shape index (κ3) is 4.85. The van der Waals surface area contributed by atoms with Crippen LogP contribution in [0.25, 0.3) is 0 Å². The first kappa shape index (κ1) is 24.0. The van der Waals surface area contributed by atoms with Gasteiger partial charge in [-0.25, -0.2) is 9.37 Å². The number of carbonyl (C=O) groups excluding carboxylic acids is 2. The Morgan fingerprint density at radius 2 is 1.94 bits per heavy atom. The normalized spacial score (nSPS) is 17.4. The fourth-order valence-electron chi connectivity index (χ4n) is 4.99. The lowest BCUT2D eigenvalue weighted by Crippen LogP contribution is -2.42. The standard InChI is InChI=1S/C28H30FN3O4/c1-18(2)27(33)32-13-10-19-8-9-22(15-23(19)26(32)20-6-5-7-21(29)14-20)35-17-25-30-24(16-36-25)28(34)31-11-3-4-12-31/h5-9,14-16,18,26H,3-4,10-13,17H2,1-2H3/t26-/m1/s1. The molecule has 1 saturated heterocycles. The number of hydrogen-bond donors (Lipinski definition) is 0. The van der Waals surface area contributed by atoms with E-state index in [0.29, 0.717) is 24.6 Å². The molecular weight excluding hydrogens is 461 g/mol. The molecule has 7 nitrogen and oxygen atoms in total. The molecule has 0 aliphatic carbocycles. The highest BCUT2D eigenvalue weighted by Crippen LogP contribution is 2.38. The second-order valence-corrected chi connectivity index (χ2v) is 9.67. The lowest BCUT2D eigenvalue weighted by molar-refractivity contribution is -0.136. The van der Waals surface area contributed by atoms with Crippen molar-refractivity contribution in [2.75, 3.05) is 19.6 Å². The van der Waals surface area contributed by atoms with Crippen molar-refractivity contribution in [3.63, 3.8) is 0 Å². The molecule has 3 aromatic rings. The molecule has 0 unspecified atom stereocenters. The van der Waals surface area contributed by atoms with Crippen LogP contribution >= 0.6 is 0 Å². The van der Waals surface area contributed by atoms with Gasteiger partial charge in [0, 0.05) is 25.6 Å². The first-order valence-corrected chi connectivity index (χ1v) is 12.5. The van der Waals surface area contributed by atoms with Crippen molar-refractivity contribution >= 4 is 11.8 Å². The Morgan fingerprint density at radius 1 is 1.14 bits per heavy atom. The molecule has 2 aliphatic rings. The largest absolute Gasteiger partial charge is 0.484 e. The fourth-order valence-corrected chi connectivity index (χ4v) is 4.99. The van der Waals surface area contributed by atoms with Gasteiger partial charge in [0.2, 0.25) is 11.8 Å². The summed E-state index contributed by atoms with van der Waals surface area (Å²) in [6.45, 7) is 5.87. The number of carbonyl (C=O) groups is 2. The van der Waals surface area contributed by atoms with Crippen LogP contribution in [0.3, 0.4) is 0 Å². The highest BCUT2D eigenvalue weighted by molar-refractivity contribution is 5.92. The van der Waals surface area contributed by atoms with Crippen LogP contribution in [0.2, 0.25) is 0 Å². The van der Waals surface area contributed by atoms with Gasteiger partial charge in [0.15, 0.2) is 12.3 Å². The molecule has 2 amide bonds. The van der Waals surface area contributed by atoms with Crippen molar-refractivity contribution in [2.24, 2.45) is 5.92 Å². The number of nitrogens with zero attached hydrogens (tertiary/aromatic N) is 3. The van der Waals surface area contributed by atoms with Gasteiger partial charge >= 0.3 is 0 Å². The van der Waals surface area contributed by atoms with Crippen molar-refractivity contribution in [3.05, 3.63) is 82.8 Å². The van der Waals surface area contributed by atoms with E-state index in [4.69, 9.17) is 9.15 Å². The Balaban J connectivity index is 1.38. The maximum absolute atomic E-state index is 14.2. The van der Waals surface area contributed by atoms with Crippen molar-refractivity contribution in [3.8, 4) is 5.75 Å². The van der Waals surface area contributed by atoms with Crippen LogP contribution in [0.15, 0.2) is 53.1 Å². The van der Waals surface area contributed by atoms with E-state index in [1.54, 1.807) is 11.0 Å². The molecule has 188 valence electrons. The zero-order valence-corrected chi connectivity index (χ0v) is 20.6. The molecule has 0 N–H and O–H groups in total. The summed E-state index contributed by atoms with van der Waals surface area (Å²) in [4.78, 5) is 33.5. The van der Waals surface area contributed by atoms with Gasteiger partial charge in [0.25, 0.3) is 5.91 Å². The quantitative estimate of drug-likeness (QED) is 0.497. The van der Waals surface area contributed by atoms with Gasteiger partial charge in [-0.1, -0.05) is 32.0 Å². The van der Waals surface area contributed by atoms with Gasteiger partial charge in [-0.3, -0.25) is 9.59 Å². The second kappa shape index (κ2) is 10.1. The van der Waals surface area contributed by atoms with E-state index < -0.39 is 6.04 Å². The average Bonchev–Trinajstić information content (AvgIpc) is 3.58. The average molecular weight is 492 g/mol. The van der Waals surface area contributed by atoms with Gasteiger partial charge in [-0.15, -0.1) is 0 Å². The number of amides is 2. The van der Waals surface area contributed by atoms with Crippen LogP contribution < -0.4 is 4.74 Å². The predicted molar refractivity (Wildman–Crippen MR) is 131 cm³/mol. The van der Waals surface area contributed by atoms with Gasteiger partial charge in [-0.05, 0) is 60.2 Å². The molecule has 0 spiro atoms. The smallest absolute Gasteiger partial charge is 0.275 e.